The van der Waals surface area contributed by atoms with Crippen LogP contribution in [-0.2, 0) is 20.7 Å². The molecule has 2 rings (SSSR count). The Labute approximate surface area is 233 Å². The van der Waals surface area contributed by atoms with Gasteiger partial charge >= 0.3 is 6.09 Å². The molecule has 0 aromatic heterocycles. The number of carbonyl (C=O) groups is 3. The summed E-state index contributed by atoms with van der Waals surface area (Å²) in [7, 11) is 0. The zero-order valence-corrected chi connectivity index (χ0v) is 24.4. The Morgan fingerprint density at radius 2 is 1.59 bits per heavy atom. The minimum Gasteiger partial charge on any atom is -0.508 e. The monoisotopic (exact) mass is 539 g/mol. The number of rotatable bonds is 12. The molecule has 0 bridgehead atoms. The lowest BCUT2D eigenvalue weighted by Crippen LogP contribution is -2.55. The number of benzene rings is 2. The first-order chi connectivity index (χ1) is 18.3. The molecule has 0 saturated carbocycles. The van der Waals surface area contributed by atoms with Gasteiger partial charge in [-0.15, -0.1) is 0 Å². The molecule has 0 heterocycles. The summed E-state index contributed by atoms with van der Waals surface area (Å²) in [5.74, 6) is -0.569. The van der Waals surface area contributed by atoms with Gasteiger partial charge in [0, 0.05) is 19.0 Å². The van der Waals surface area contributed by atoms with Crippen molar-refractivity contribution >= 4 is 17.9 Å². The summed E-state index contributed by atoms with van der Waals surface area (Å²) in [4.78, 5) is 42.2. The fourth-order valence-corrected chi connectivity index (χ4v) is 4.25. The van der Waals surface area contributed by atoms with Crippen molar-refractivity contribution in [1.82, 2.24) is 15.5 Å². The van der Waals surface area contributed by atoms with Gasteiger partial charge in [0.2, 0.25) is 11.8 Å². The number of ether oxygens (including phenoxy) is 1. The summed E-state index contributed by atoms with van der Waals surface area (Å²) >= 11 is 0. The van der Waals surface area contributed by atoms with Crippen molar-refractivity contribution in [3.05, 3.63) is 65.2 Å². The number of hydrogen-bond acceptors (Lipinski definition) is 5. The third-order valence-corrected chi connectivity index (χ3v) is 6.18. The first-order valence-electron chi connectivity index (χ1n) is 13.8. The fourth-order valence-electron chi connectivity index (χ4n) is 4.25. The number of nitrogens with one attached hydrogen (secondary N) is 2. The van der Waals surface area contributed by atoms with Crippen LogP contribution in [0.15, 0.2) is 48.5 Å². The molecule has 3 amide bonds. The lowest BCUT2D eigenvalue weighted by Gasteiger charge is -2.37. The Balaban J connectivity index is 2.48. The van der Waals surface area contributed by atoms with Crippen LogP contribution in [0.2, 0.25) is 0 Å². The van der Waals surface area contributed by atoms with E-state index in [2.05, 4.69) is 17.6 Å². The molecule has 8 nitrogen and oxygen atoms in total. The van der Waals surface area contributed by atoms with E-state index in [1.165, 1.54) is 12.1 Å². The lowest BCUT2D eigenvalue weighted by molar-refractivity contribution is -0.144. The van der Waals surface area contributed by atoms with Gasteiger partial charge in [-0.2, -0.15) is 0 Å². The van der Waals surface area contributed by atoms with E-state index in [0.29, 0.717) is 12.1 Å². The number of phenolic OH excluding ortho intramolecular Hbond substituents is 1. The van der Waals surface area contributed by atoms with Crippen LogP contribution in [0.25, 0.3) is 0 Å². The van der Waals surface area contributed by atoms with Gasteiger partial charge in [-0.1, -0.05) is 61.7 Å². The van der Waals surface area contributed by atoms with Gasteiger partial charge < -0.3 is 25.4 Å². The lowest BCUT2D eigenvalue weighted by atomic mass is 9.98. The molecule has 0 spiro atoms. The molecule has 0 saturated heterocycles. The predicted molar refractivity (Wildman–Crippen MR) is 153 cm³/mol. The molecule has 2 aromatic carbocycles. The van der Waals surface area contributed by atoms with Crippen LogP contribution >= 0.6 is 0 Å². The molecule has 0 radical (unpaired) electrons. The van der Waals surface area contributed by atoms with Crippen molar-refractivity contribution in [2.24, 2.45) is 0 Å². The van der Waals surface area contributed by atoms with Crippen molar-refractivity contribution < 1.29 is 24.2 Å². The smallest absolute Gasteiger partial charge is 0.408 e. The Kier molecular flexibility index (Phi) is 11.8. The van der Waals surface area contributed by atoms with E-state index in [-0.39, 0.29) is 24.1 Å². The van der Waals surface area contributed by atoms with Crippen LogP contribution in [-0.4, -0.2) is 52.1 Å². The Hall–Kier alpha value is -3.55. The largest absolute Gasteiger partial charge is 0.508 e. The number of carbonyl (C=O) groups excluding carboxylic acids is 3. The highest BCUT2D eigenvalue weighted by Crippen LogP contribution is 2.26. The molecule has 0 aliphatic carbocycles. The first-order valence-corrected chi connectivity index (χ1v) is 13.8. The van der Waals surface area contributed by atoms with Crippen LogP contribution < -0.4 is 10.6 Å². The minimum atomic E-state index is -1.01. The van der Waals surface area contributed by atoms with Crippen LogP contribution in [0.3, 0.4) is 0 Å². The summed E-state index contributed by atoms with van der Waals surface area (Å²) in [6, 6.07) is 11.8. The van der Waals surface area contributed by atoms with Crippen LogP contribution in [0, 0.1) is 6.92 Å². The summed E-state index contributed by atoms with van der Waals surface area (Å²) in [5, 5.41) is 15.5. The van der Waals surface area contributed by atoms with Crippen LogP contribution in [0.5, 0.6) is 5.75 Å². The number of nitrogens with zero attached hydrogens (tertiary/aromatic N) is 1. The molecule has 8 heteroatoms. The molecule has 0 fully saturated rings. The quantitative estimate of drug-likeness (QED) is 0.312. The molecule has 214 valence electrons. The molecule has 0 aliphatic rings. The Morgan fingerprint density at radius 1 is 0.974 bits per heavy atom. The highest BCUT2D eigenvalue weighted by atomic mass is 16.6. The molecule has 39 heavy (non-hydrogen) atoms. The van der Waals surface area contributed by atoms with Crippen molar-refractivity contribution in [2.75, 3.05) is 6.54 Å². The molecule has 0 aliphatic heterocycles. The van der Waals surface area contributed by atoms with E-state index >= 15 is 0 Å². The molecule has 2 atom stereocenters. The number of amides is 3. The van der Waals surface area contributed by atoms with Crippen molar-refractivity contribution in [3.8, 4) is 5.75 Å². The Bertz CT molecular complexity index is 1070. The van der Waals surface area contributed by atoms with E-state index in [4.69, 9.17) is 4.74 Å². The fraction of sp³-hybridized carbons (Fsp3) is 0.516. The number of phenols is 1. The molecular weight excluding hydrogens is 494 g/mol. The third-order valence-electron chi connectivity index (χ3n) is 6.18. The van der Waals surface area contributed by atoms with Crippen molar-refractivity contribution in [3.63, 3.8) is 0 Å². The summed E-state index contributed by atoms with van der Waals surface area (Å²) in [6.07, 6.45) is 2.31. The van der Waals surface area contributed by atoms with Crippen LogP contribution in [0.1, 0.15) is 83.5 Å². The highest BCUT2D eigenvalue weighted by molar-refractivity contribution is 5.92. The van der Waals surface area contributed by atoms with Crippen molar-refractivity contribution in [2.45, 2.75) is 97.9 Å². The van der Waals surface area contributed by atoms with E-state index in [0.717, 1.165) is 30.4 Å². The third kappa shape index (κ3) is 10.3. The minimum absolute atomic E-state index is 0.102. The van der Waals surface area contributed by atoms with Gasteiger partial charge in [-0.3, -0.25) is 9.59 Å². The van der Waals surface area contributed by atoms with E-state index < -0.39 is 29.7 Å². The molecular formula is C31H45N3O5. The average molecular weight is 540 g/mol. The number of alkyl carbamates (subject to hydrolysis) is 1. The second-order valence-corrected chi connectivity index (χ2v) is 11.2. The van der Waals surface area contributed by atoms with Gasteiger partial charge in [-0.05, 0) is 71.2 Å². The SMILES string of the molecule is CCCCCNC(=O)C(c1ccc(C)cc1)N(C(=O)C(Cc1ccc(O)cc1)NC(=O)OC(C)(C)C)C(C)C. The summed E-state index contributed by atoms with van der Waals surface area (Å²) in [5.41, 5.74) is 1.72. The molecule has 3 N–H and O–H groups in total. The van der Waals surface area contributed by atoms with Gasteiger partial charge in [0.25, 0.3) is 0 Å². The van der Waals surface area contributed by atoms with Gasteiger partial charge in [-0.25, -0.2) is 4.79 Å². The second kappa shape index (κ2) is 14.6. The normalized spacial score (nSPS) is 12.9. The van der Waals surface area contributed by atoms with Crippen LogP contribution in [0.4, 0.5) is 4.79 Å². The summed E-state index contributed by atoms with van der Waals surface area (Å²) < 4.78 is 5.46. The second-order valence-electron chi connectivity index (χ2n) is 11.2. The zero-order chi connectivity index (χ0) is 29.2. The van der Waals surface area contributed by atoms with Gasteiger partial charge in [0.1, 0.15) is 23.4 Å². The number of aromatic hydroxyl groups is 1. The Morgan fingerprint density at radius 3 is 2.13 bits per heavy atom. The number of aryl methyl sites for hydroxylation is 1. The zero-order valence-electron chi connectivity index (χ0n) is 24.4. The van der Waals surface area contributed by atoms with Gasteiger partial charge in [0.05, 0.1) is 0 Å². The van der Waals surface area contributed by atoms with Crippen molar-refractivity contribution in [1.29, 1.82) is 0 Å². The first kappa shape index (κ1) is 31.7. The predicted octanol–water partition coefficient (Wildman–Crippen LogP) is 5.42. The molecule has 2 unspecified atom stereocenters. The average Bonchev–Trinajstić information content (AvgIpc) is 2.85. The standard InChI is InChI=1S/C31H45N3O5/c1-8-9-10-19-32-28(36)27(24-15-11-22(4)12-16-24)34(21(2)3)29(37)26(33-30(38)39-31(5,6)7)20-23-13-17-25(35)18-14-23/h11-18,21,26-27,35H,8-10,19-20H2,1-7H3,(H,32,36)(H,33,38). The van der Waals surface area contributed by atoms with E-state index in [1.807, 2.05) is 45.0 Å². The maximum absolute atomic E-state index is 14.2. The highest BCUT2D eigenvalue weighted by Gasteiger charge is 2.37. The maximum Gasteiger partial charge on any atom is 0.408 e. The summed E-state index contributed by atoms with van der Waals surface area (Å²) in [6.45, 7) is 13.5. The number of hydrogen-bond donors (Lipinski definition) is 3. The molecule has 2 aromatic rings. The maximum atomic E-state index is 14.2. The topological polar surface area (TPSA) is 108 Å². The number of unbranched alkanes of at least 4 members (excludes halogenated alkanes) is 2. The van der Waals surface area contributed by atoms with E-state index in [9.17, 15) is 19.5 Å². The van der Waals surface area contributed by atoms with E-state index in [1.54, 1.807) is 37.8 Å². The van der Waals surface area contributed by atoms with Gasteiger partial charge in [0.15, 0.2) is 0 Å².